The lowest BCUT2D eigenvalue weighted by atomic mass is 9.86. The van der Waals surface area contributed by atoms with Crippen LogP contribution in [0.5, 0.6) is 11.5 Å². The molecule has 2 N–H and O–H groups in total. The highest BCUT2D eigenvalue weighted by Gasteiger charge is 2.21. The molecule has 150 valence electrons. The zero-order valence-corrected chi connectivity index (χ0v) is 16.9. The number of benzene rings is 2. The molecule has 1 heterocycles. The van der Waals surface area contributed by atoms with Gasteiger partial charge < -0.3 is 15.2 Å². The third kappa shape index (κ3) is 4.70. The van der Waals surface area contributed by atoms with Crippen molar-refractivity contribution in [1.29, 1.82) is 0 Å². The van der Waals surface area contributed by atoms with Crippen LogP contribution in [-0.2, 0) is 6.42 Å². The van der Waals surface area contributed by atoms with Gasteiger partial charge in [0.2, 0.25) is 0 Å². The van der Waals surface area contributed by atoms with Gasteiger partial charge >= 0.3 is 0 Å². The molecule has 3 aromatic rings. The average molecular weight is 389 g/mol. The first kappa shape index (κ1) is 19.3. The zero-order valence-electron chi connectivity index (χ0n) is 16.9. The van der Waals surface area contributed by atoms with Crippen LogP contribution < -0.4 is 15.2 Å². The Kier molecular flexibility index (Phi) is 5.99. The third-order valence-corrected chi connectivity index (χ3v) is 5.71. The minimum absolute atomic E-state index is 0.190. The van der Waals surface area contributed by atoms with E-state index in [1.54, 1.807) is 7.11 Å². The molecule has 0 amide bonds. The highest BCUT2D eigenvalue weighted by molar-refractivity contribution is 5.48. The number of hydrogen-bond acceptors (Lipinski definition) is 4. The molecule has 0 aliphatic heterocycles. The van der Waals surface area contributed by atoms with E-state index in [0.717, 1.165) is 36.4 Å². The molecule has 0 spiro atoms. The summed E-state index contributed by atoms with van der Waals surface area (Å²) in [5.74, 6) is 1.82. The fraction of sp³-hybridized carbons (Fsp3) is 0.320. The quantitative estimate of drug-likeness (QED) is 0.553. The van der Waals surface area contributed by atoms with Crippen molar-refractivity contribution in [3.63, 3.8) is 0 Å². The van der Waals surface area contributed by atoms with Crippen molar-refractivity contribution in [3.05, 3.63) is 83.7 Å². The van der Waals surface area contributed by atoms with Crippen molar-refractivity contribution in [3.8, 4) is 11.5 Å². The maximum Gasteiger partial charge on any atom is 0.161 e. The first-order valence-electron chi connectivity index (χ1n) is 10.3. The molecular weight excluding hydrogens is 360 g/mol. The van der Waals surface area contributed by atoms with Gasteiger partial charge in [0.25, 0.3) is 0 Å². The van der Waals surface area contributed by atoms with Crippen LogP contribution in [0.2, 0.25) is 0 Å². The van der Waals surface area contributed by atoms with E-state index in [1.165, 1.54) is 29.5 Å². The summed E-state index contributed by atoms with van der Waals surface area (Å²) < 4.78 is 11.9. The van der Waals surface area contributed by atoms with Crippen molar-refractivity contribution in [2.75, 3.05) is 12.8 Å². The van der Waals surface area contributed by atoms with E-state index >= 15 is 0 Å². The number of nitrogens with zero attached hydrogens (tertiary/aromatic N) is 1. The Balaban J connectivity index is 1.69. The van der Waals surface area contributed by atoms with Gasteiger partial charge in [-0.05, 0) is 85.2 Å². The zero-order chi connectivity index (χ0) is 20.1. The smallest absolute Gasteiger partial charge is 0.161 e. The summed E-state index contributed by atoms with van der Waals surface area (Å²) in [6, 6.07) is 18.6. The van der Waals surface area contributed by atoms with Crippen LogP contribution in [-0.4, -0.2) is 18.2 Å². The number of methoxy groups -OCH3 is 1. The van der Waals surface area contributed by atoms with Crippen molar-refractivity contribution in [2.24, 2.45) is 0 Å². The van der Waals surface area contributed by atoms with Gasteiger partial charge in [-0.3, -0.25) is 4.98 Å². The van der Waals surface area contributed by atoms with Gasteiger partial charge in [0.1, 0.15) is 0 Å². The van der Waals surface area contributed by atoms with Crippen LogP contribution in [0.4, 0.5) is 5.69 Å². The molecule has 4 heteroatoms. The Morgan fingerprint density at radius 2 is 1.62 bits per heavy atom. The molecule has 1 aliphatic carbocycles. The molecule has 1 aliphatic rings. The molecule has 4 rings (SSSR count). The van der Waals surface area contributed by atoms with Gasteiger partial charge in [-0.25, -0.2) is 0 Å². The minimum Gasteiger partial charge on any atom is -0.493 e. The van der Waals surface area contributed by atoms with E-state index in [4.69, 9.17) is 15.2 Å². The maximum absolute atomic E-state index is 6.34. The van der Waals surface area contributed by atoms with Gasteiger partial charge in [0, 0.05) is 24.0 Å². The summed E-state index contributed by atoms with van der Waals surface area (Å²) in [4.78, 5) is 4.15. The number of aromatic nitrogens is 1. The van der Waals surface area contributed by atoms with Gasteiger partial charge in [-0.15, -0.1) is 0 Å². The maximum atomic E-state index is 6.34. The van der Waals surface area contributed by atoms with Crippen LogP contribution >= 0.6 is 0 Å². The van der Waals surface area contributed by atoms with Crippen LogP contribution in [0.15, 0.2) is 67.0 Å². The second-order valence-electron chi connectivity index (χ2n) is 7.71. The standard InChI is InChI=1S/C25H28N2O2/c1-28-24-11-8-20(17-25(24)29-22-4-2-3-5-22)23(16-18-12-14-27-15-13-18)19-6-9-21(26)10-7-19/h6-15,17,22-23H,2-5,16,26H2,1H3/t23-/m1/s1. The summed E-state index contributed by atoms with van der Waals surface area (Å²) in [5, 5.41) is 0. The average Bonchev–Trinajstić information content (AvgIpc) is 3.27. The lowest BCUT2D eigenvalue weighted by Gasteiger charge is -2.22. The molecule has 0 radical (unpaired) electrons. The first-order valence-corrected chi connectivity index (χ1v) is 10.3. The molecule has 2 aromatic carbocycles. The van der Waals surface area contributed by atoms with E-state index in [2.05, 4.69) is 41.4 Å². The summed E-state index contributed by atoms with van der Waals surface area (Å²) in [5.41, 5.74) is 10.4. The Hall–Kier alpha value is -3.01. The van der Waals surface area contributed by atoms with Crippen LogP contribution in [0.1, 0.15) is 48.3 Å². The number of ether oxygens (including phenoxy) is 2. The fourth-order valence-corrected chi connectivity index (χ4v) is 4.10. The molecule has 1 atom stereocenters. The highest BCUT2D eigenvalue weighted by atomic mass is 16.5. The van der Waals surface area contributed by atoms with Gasteiger partial charge in [-0.2, -0.15) is 0 Å². The molecule has 0 bridgehead atoms. The summed E-state index contributed by atoms with van der Waals surface area (Å²) in [7, 11) is 1.70. The number of nitrogen functional groups attached to an aromatic ring is 1. The van der Waals surface area contributed by atoms with E-state index in [-0.39, 0.29) is 12.0 Å². The molecule has 1 fully saturated rings. The predicted molar refractivity (Wildman–Crippen MR) is 117 cm³/mol. The second kappa shape index (κ2) is 8.99. The normalized spacial score (nSPS) is 15.2. The topological polar surface area (TPSA) is 57.4 Å². The molecule has 4 nitrogen and oxygen atoms in total. The summed E-state index contributed by atoms with van der Waals surface area (Å²) in [6.07, 6.45) is 9.57. The summed E-state index contributed by atoms with van der Waals surface area (Å²) in [6.45, 7) is 0. The van der Waals surface area contributed by atoms with E-state index in [0.29, 0.717) is 0 Å². The van der Waals surface area contributed by atoms with E-state index < -0.39 is 0 Å². The lowest BCUT2D eigenvalue weighted by molar-refractivity contribution is 0.200. The first-order chi connectivity index (χ1) is 14.2. The Morgan fingerprint density at radius 3 is 2.31 bits per heavy atom. The summed E-state index contributed by atoms with van der Waals surface area (Å²) >= 11 is 0. The molecule has 1 saturated carbocycles. The highest BCUT2D eigenvalue weighted by Crippen LogP contribution is 2.37. The third-order valence-electron chi connectivity index (χ3n) is 5.71. The Labute approximate surface area is 172 Å². The lowest BCUT2D eigenvalue weighted by Crippen LogP contribution is -2.12. The number of pyridine rings is 1. The Bertz CT molecular complexity index is 919. The number of anilines is 1. The SMILES string of the molecule is COc1ccc([C@H](Cc2ccncc2)c2ccc(N)cc2)cc1OC1CCCC1. The van der Waals surface area contributed by atoms with Crippen molar-refractivity contribution < 1.29 is 9.47 Å². The van der Waals surface area contributed by atoms with E-state index in [1.807, 2.05) is 30.6 Å². The number of rotatable bonds is 7. The van der Waals surface area contributed by atoms with Gasteiger partial charge in [-0.1, -0.05) is 18.2 Å². The van der Waals surface area contributed by atoms with Crippen molar-refractivity contribution >= 4 is 5.69 Å². The molecular formula is C25H28N2O2. The Morgan fingerprint density at radius 1 is 0.931 bits per heavy atom. The van der Waals surface area contributed by atoms with Crippen molar-refractivity contribution in [1.82, 2.24) is 4.98 Å². The van der Waals surface area contributed by atoms with E-state index in [9.17, 15) is 0 Å². The molecule has 1 aromatic heterocycles. The fourth-order valence-electron chi connectivity index (χ4n) is 4.10. The van der Waals surface area contributed by atoms with Crippen LogP contribution in [0, 0.1) is 0 Å². The molecule has 29 heavy (non-hydrogen) atoms. The van der Waals surface area contributed by atoms with Gasteiger partial charge in [0.05, 0.1) is 13.2 Å². The second-order valence-corrected chi connectivity index (χ2v) is 7.71. The largest absolute Gasteiger partial charge is 0.493 e. The van der Waals surface area contributed by atoms with Crippen LogP contribution in [0.25, 0.3) is 0 Å². The predicted octanol–water partition coefficient (Wildman–Crippen LogP) is 5.37. The number of nitrogens with two attached hydrogens (primary N) is 1. The molecule has 0 saturated heterocycles. The van der Waals surface area contributed by atoms with Crippen molar-refractivity contribution in [2.45, 2.75) is 44.1 Å². The molecule has 0 unspecified atom stereocenters. The number of hydrogen-bond donors (Lipinski definition) is 1. The monoisotopic (exact) mass is 388 g/mol. The van der Waals surface area contributed by atoms with Crippen LogP contribution in [0.3, 0.4) is 0 Å². The van der Waals surface area contributed by atoms with Gasteiger partial charge in [0.15, 0.2) is 11.5 Å². The minimum atomic E-state index is 0.190.